The molecule has 1 fully saturated rings. The number of halogens is 1. The van der Waals surface area contributed by atoms with Gasteiger partial charge < -0.3 is 9.47 Å². The Balaban J connectivity index is 1.25. The van der Waals surface area contributed by atoms with E-state index in [4.69, 9.17) is 0 Å². The average Bonchev–Trinajstić information content (AvgIpc) is 3.25. The highest BCUT2D eigenvalue weighted by Gasteiger charge is 2.38. The molecule has 33 heavy (non-hydrogen) atoms. The lowest BCUT2D eigenvalue weighted by molar-refractivity contribution is 0.0635. The molecule has 0 aliphatic carbocycles. The first-order chi connectivity index (χ1) is 15.8. The van der Waals surface area contributed by atoms with Crippen LogP contribution in [-0.4, -0.2) is 79.3 Å². The molecule has 0 spiro atoms. The number of carbonyl (C=O) groups excluding carboxylic acids is 1. The molecule has 1 aromatic carbocycles. The molecular weight excluding hydrogens is 449 g/mol. The van der Waals surface area contributed by atoms with Gasteiger partial charge in [0.25, 0.3) is 5.91 Å². The third-order valence-corrected chi connectivity index (χ3v) is 8.27. The van der Waals surface area contributed by atoms with Crippen molar-refractivity contribution in [2.45, 2.75) is 30.3 Å². The van der Waals surface area contributed by atoms with Gasteiger partial charge in [-0.2, -0.15) is 9.21 Å². The number of nitroso groups, excluding NO2 is 1. The van der Waals surface area contributed by atoms with Gasteiger partial charge in [0.2, 0.25) is 10.0 Å². The van der Waals surface area contributed by atoms with Gasteiger partial charge in [0, 0.05) is 58.1 Å². The lowest BCUT2D eigenvalue weighted by Crippen LogP contribution is -2.48. The largest absolute Gasteiger partial charge is 0.348 e. The minimum atomic E-state index is -3.57. The Hall–Kier alpha value is -2.63. The van der Waals surface area contributed by atoms with E-state index in [1.807, 2.05) is 4.57 Å². The van der Waals surface area contributed by atoms with Gasteiger partial charge in [0.1, 0.15) is 16.8 Å². The summed E-state index contributed by atoms with van der Waals surface area (Å²) in [6.45, 7) is 4.34. The van der Waals surface area contributed by atoms with Crippen molar-refractivity contribution in [1.29, 1.82) is 0 Å². The van der Waals surface area contributed by atoms with Gasteiger partial charge in [-0.15, -0.1) is 0 Å². The molecule has 0 radical (unpaired) electrons. The van der Waals surface area contributed by atoms with Gasteiger partial charge in [-0.25, -0.2) is 12.8 Å². The summed E-state index contributed by atoms with van der Waals surface area (Å²) in [5.74, 6) is -0.435. The summed E-state index contributed by atoms with van der Waals surface area (Å²) < 4.78 is 41.1. The van der Waals surface area contributed by atoms with Crippen molar-refractivity contribution in [2.75, 3.05) is 46.3 Å². The maximum absolute atomic E-state index is 13.1. The van der Waals surface area contributed by atoms with E-state index in [9.17, 15) is 22.5 Å². The zero-order chi connectivity index (χ0) is 23.6. The number of sulfonamides is 1. The molecule has 11 heteroatoms. The molecule has 9 nitrogen and oxygen atoms in total. The SMILES string of the molecule is CN1CC(N=O)c2c(ccn2CCCCN2CCN(C(=O)c3ccc(F)cc3)CC2)S1(=O)=O. The summed E-state index contributed by atoms with van der Waals surface area (Å²) in [7, 11) is -2.11. The Morgan fingerprint density at radius 2 is 1.73 bits per heavy atom. The van der Waals surface area contributed by atoms with Crippen molar-refractivity contribution in [1.82, 2.24) is 18.7 Å². The van der Waals surface area contributed by atoms with Crippen molar-refractivity contribution in [3.05, 3.63) is 58.5 Å². The van der Waals surface area contributed by atoms with E-state index in [0.29, 0.717) is 30.9 Å². The quantitative estimate of drug-likeness (QED) is 0.451. The van der Waals surface area contributed by atoms with Crippen molar-refractivity contribution in [2.24, 2.45) is 5.18 Å². The van der Waals surface area contributed by atoms with E-state index in [1.165, 1.54) is 35.6 Å². The summed E-state index contributed by atoms with van der Waals surface area (Å²) in [6.07, 6.45) is 3.46. The standard InChI is InChI=1S/C22H28FN5O4S/c1-25-16-19(24-30)21-20(33(25,31)32)8-11-27(21)10-3-2-9-26-12-14-28(15-13-26)22(29)17-4-6-18(23)7-5-17/h4-8,11,19H,2-3,9-10,12-16H2,1H3. The number of hydrogen-bond acceptors (Lipinski definition) is 6. The minimum absolute atomic E-state index is 0.0593. The highest BCUT2D eigenvalue weighted by Crippen LogP contribution is 2.34. The van der Waals surface area contributed by atoms with Crippen molar-refractivity contribution in [3.8, 4) is 0 Å². The number of unbranched alkanes of at least 4 members (excludes halogenated alkanes) is 1. The van der Waals surface area contributed by atoms with Gasteiger partial charge in [-0.1, -0.05) is 5.18 Å². The van der Waals surface area contributed by atoms with Crippen LogP contribution in [0.4, 0.5) is 4.39 Å². The van der Waals surface area contributed by atoms with Gasteiger partial charge in [0.05, 0.1) is 5.69 Å². The summed E-state index contributed by atoms with van der Waals surface area (Å²) >= 11 is 0. The van der Waals surface area contributed by atoms with E-state index >= 15 is 0 Å². The summed E-state index contributed by atoms with van der Waals surface area (Å²) in [6, 6.07) is 6.47. The predicted octanol–water partition coefficient (Wildman–Crippen LogP) is 2.31. The smallest absolute Gasteiger partial charge is 0.253 e. The number of rotatable bonds is 7. The molecule has 3 heterocycles. The Bertz CT molecular complexity index is 1110. The van der Waals surface area contributed by atoms with Gasteiger partial charge in [-0.3, -0.25) is 9.69 Å². The van der Waals surface area contributed by atoms with Gasteiger partial charge in [-0.05, 0) is 49.7 Å². The summed E-state index contributed by atoms with van der Waals surface area (Å²) in [4.78, 5) is 28.1. The number of amides is 1. The van der Waals surface area contributed by atoms with Crippen LogP contribution in [0.25, 0.3) is 0 Å². The fourth-order valence-electron chi connectivity index (χ4n) is 4.48. The molecule has 178 valence electrons. The minimum Gasteiger partial charge on any atom is -0.348 e. The lowest BCUT2D eigenvalue weighted by Gasteiger charge is -2.34. The summed E-state index contributed by atoms with van der Waals surface area (Å²) in [5, 5.41) is 3.15. The van der Waals surface area contributed by atoms with Crippen molar-refractivity contribution < 1.29 is 17.6 Å². The number of fused-ring (bicyclic) bond motifs is 1. The number of aryl methyl sites for hydroxylation is 1. The second-order valence-electron chi connectivity index (χ2n) is 8.51. The average molecular weight is 478 g/mol. The molecule has 2 aliphatic heterocycles. The molecule has 1 atom stereocenters. The van der Waals surface area contributed by atoms with E-state index in [-0.39, 0.29) is 23.2 Å². The molecule has 1 aromatic heterocycles. The Labute approximate surface area is 192 Å². The van der Waals surface area contributed by atoms with Gasteiger partial charge >= 0.3 is 0 Å². The first-order valence-electron chi connectivity index (χ1n) is 11.1. The van der Waals surface area contributed by atoms with Crippen LogP contribution in [0.15, 0.2) is 46.6 Å². The Morgan fingerprint density at radius 3 is 2.39 bits per heavy atom. The molecule has 1 amide bonds. The number of nitrogens with zero attached hydrogens (tertiary/aromatic N) is 5. The second kappa shape index (κ2) is 9.70. The van der Waals surface area contributed by atoms with Crippen LogP contribution in [0.3, 0.4) is 0 Å². The van der Waals surface area contributed by atoms with E-state index in [2.05, 4.69) is 10.1 Å². The lowest BCUT2D eigenvalue weighted by atomic mass is 10.1. The number of piperazine rings is 1. The number of carbonyl (C=O) groups is 1. The van der Waals surface area contributed by atoms with E-state index in [0.717, 1.165) is 32.5 Å². The second-order valence-corrected chi connectivity index (χ2v) is 10.5. The van der Waals surface area contributed by atoms with Crippen LogP contribution >= 0.6 is 0 Å². The number of aromatic nitrogens is 1. The van der Waals surface area contributed by atoms with Crippen LogP contribution < -0.4 is 0 Å². The normalized spacial score (nSPS) is 21.0. The van der Waals surface area contributed by atoms with Crippen LogP contribution in [0.1, 0.15) is 34.9 Å². The topological polar surface area (TPSA) is 95.3 Å². The van der Waals surface area contributed by atoms with Crippen LogP contribution in [0.2, 0.25) is 0 Å². The van der Waals surface area contributed by atoms with Gasteiger partial charge in [0.15, 0.2) is 0 Å². The Kier molecular flexibility index (Phi) is 6.91. The molecular formula is C22H28FN5O4S. The molecule has 4 rings (SSSR count). The van der Waals surface area contributed by atoms with Crippen molar-refractivity contribution >= 4 is 15.9 Å². The fourth-order valence-corrected chi connectivity index (χ4v) is 5.90. The molecule has 1 unspecified atom stereocenters. The van der Waals surface area contributed by atoms with Crippen LogP contribution in [0.5, 0.6) is 0 Å². The predicted molar refractivity (Wildman–Crippen MR) is 121 cm³/mol. The summed E-state index contributed by atoms with van der Waals surface area (Å²) in [5.41, 5.74) is 0.979. The maximum Gasteiger partial charge on any atom is 0.253 e. The first kappa shape index (κ1) is 23.5. The third-order valence-electron chi connectivity index (χ3n) is 6.40. The zero-order valence-electron chi connectivity index (χ0n) is 18.6. The van der Waals surface area contributed by atoms with E-state index < -0.39 is 16.1 Å². The number of likely N-dealkylation sites (N-methyl/N-ethyl adjacent to an activating group) is 1. The van der Waals surface area contributed by atoms with Crippen molar-refractivity contribution in [3.63, 3.8) is 0 Å². The molecule has 2 aliphatic rings. The molecule has 0 saturated carbocycles. The highest BCUT2D eigenvalue weighted by atomic mass is 32.2. The zero-order valence-corrected chi connectivity index (χ0v) is 19.4. The number of benzene rings is 1. The molecule has 2 aromatic rings. The van der Waals surface area contributed by atoms with Crippen LogP contribution in [0, 0.1) is 10.7 Å². The maximum atomic E-state index is 13.1. The molecule has 1 saturated heterocycles. The molecule has 0 N–H and O–H groups in total. The third kappa shape index (κ3) is 4.85. The first-order valence-corrected chi connectivity index (χ1v) is 12.5. The fraction of sp³-hybridized carbons (Fsp3) is 0.500. The highest BCUT2D eigenvalue weighted by molar-refractivity contribution is 7.89. The van der Waals surface area contributed by atoms with E-state index in [1.54, 1.807) is 17.2 Å². The number of hydrogen-bond donors (Lipinski definition) is 0. The monoisotopic (exact) mass is 477 g/mol. The Morgan fingerprint density at radius 1 is 1.06 bits per heavy atom. The molecule has 0 bridgehead atoms. The van der Waals surface area contributed by atoms with Crippen LogP contribution in [-0.2, 0) is 16.6 Å².